The Morgan fingerprint density at radius 2 is 2.18 bits per heavy atom. The molecule has 0 aliphatic heterocycles. The van der Waals surface area contributed by atoms with Crippen molar-refractivity contribution in [1.82, 2.24) is 5.32 Å². The molecule has 0 saturated carbocycles. The molecule has 0 radical (unpaired) electrons. The molecule has 1 aromatic heterocycles. The first-order valence-electron chi connectivity index (χ1n) is 5.83. The van der Waals surface area contributed by atoms with Gasteiger partial charge in [-0.3, -0.25) is 0 Å². The van der Waals surface area contributed by atoms with Gasteiger partial charge in [-0.1, -0.05) is 24.6 Å². The fraction of sp³-hybridized carbons (Fsp3) is 0.286. The number of furan rings is 1. The summed E-state index contributed by atoms with van der Waals surface area (Å²) in [5.74, 6) is 0. The van der Waals surface area contributed by atoms with E-state index >= 15 is 0 Å². The number of benzene rings is 1. The summed E-state index contributed by atoms with van der Waals surface area (Å²) in [7, 11) is 0. The Hall–Kier alpha value is -1.25. The minimum absolute atomic E-state index is 0.769. The molecular formula is C14H16ClNO. The molecule has 0 saturated heterocycles. The average molecular weight is 250 g/mol. The Labute approximate surface area is 107 Å². The van der Waals surface area contributed by atoms with E-state index in [9.17, 15) is 0 Å². The summed E-state index contributed by atoms with van der Waals surface area (Å²) in [5, 5.41) is 4.16. The van der Waals surface area contributed by atoms with Gasteiger partial charge in [-0.05, 0) is 42.3 Å². The van der Waals surface area contributed by atoms with E-state index in [0.29, 0.717) is 0 Å². The van der Waals surface area contributed by atoms with Crippen LogP contribution in [0.4, 0.5) is 0 Å². The zero-order chi connectivity index (χ0) is 12.1. The van der Waals surface area contributed by atoms with Gasteiger partial charge >= 0.3 is 0 Å². The van der Waals surface area contributed by atoms with Crippen molar-refractivity contribution in [2.75, 3.05) is 6.54 Å². The lowest BCUT2D eigenvalue weighted by Crippen LogP contribution is -2.14. The Kier molecular flexibility index (Phi) is 4.24. The van der Waals surface area contributed by atoms with Crippen LogP contribution in [0.1, 0.15) is 18.9 Å². The molecule has 0 bridgehead atoms. The molecule has 2 nitrogen and oxygen atoms in total. The first-order valence-corrected chi connectivity index (χ1v) is 6.20. The number of rotatable bonds is 5. The molecule has 17 heavy (non-hydrogen) atoms. The van der Waals surface area contributed by atoms with Crippen molar-refractivity contribution in [3.8, 4) is 11.1 Å². The standard InChI is InChI=1S/C14H16ClNO/c1-2-6-16-9-12-8-13(15)3-4-14(12)11-5-7-17-10-11/h3-5,7-8,10,16H,2,6,9H2,1H3. The van der Waals surface area contributed by atoms with Crippen LogP contribution in [0.2, 0.25) is 5.02 Å². The molecule has 1 N–H and O–H groups in total. The van der Waals surface area contributed by atoms with E-state index < -0.39 is 0 Å². The maximum Gasteiger partial charge on any atom is 0.0981 e. The van der Waals surface area contributed by atoms with E-state index in [1.165, 1.54) is 11.1 Å². The van der Waals surface area contributed by atoms with Crippen molar-refractivity contribution in [3.05, 3.63) is 47.4 Å². The molecule has 0 aliphatic carbocycles. The van der Waals surface area contributed by atoms with Crippen molar-refractivity contribution in [1.29, 1.82) is 0 Å². The monoisotopic (exact) mass is 249 g/mol. The second kappa shape index (κ2) is 5.89. The molecule has 2 aromatic rings. The predicted octanol–water partition coefficient (Wildman–Crippen LogP) is 4.10. The van der Waals surface area contributed by atoms with Gasteiger partial charge in [-0.15, -0.1) is 0 Å². The second-order valence-corrected chi connectivity index (χ2v) is 4.43. The molecule has 90 valence electrons. The van der Waals surface area contributed by atoms with Crippen LogP contribution in [-0.4, -0.2) is 6.54 Å². The summed E-state index contributed by atoms with van der Waals surface area (Å²) in [6.45, 7) is 3.99. The molecule has 0 fully saturated rings. The Balaban J connectivity index is 2.25. The van der Waals surface area contributed by atoms with Gasteiger partial charge in [0, 0.05) is 17.1 Å². The van der Waals surface area contributed by atoms with Crippen molar-refractivity contribution in [2.45, 2.75) is 19.9 Å². The molecule has 3 heteroatoms. The highest BCUT2D eigenvalue weighted by atomic mass is 35.5. The minimum Gasteiger partial charge on any atom is -0.472 e. The van der Waals surface area contributed by atoms with Crippen LogP contribution in [-0.2, 0) is 6.54 Å². The molecule has 0 amide bonds. The van der Waals surface area contributed by atoms with Gasteiger partial charge < -0.3 is 9.73 Å². The molecule has 0 unspecified atom stereocenters. The lowest BCUT2D eigenvalue weighted by molar-refractivity contribution is 0.568. The van der Waals surface area contributed by atoms with Gasteiger partial charge in [0.2, 0.25) is 0 Å². The zero-order valence-corrected chi connectivity index (χ0v) is 10.6. The van der Waals surface area contributed by atoms with Crippen LogP contribution >= 0.6 is 11.6 Å². The normalized spacial score (nSPS) is 10.7. The highest BCUT2D eigenvalue weighted by Crippen LogP contribution is 2.26. The topological polar surface area (TPSA) is 25.2 Å². The number of hydrogen-bond acceptors (Lipinski definition) is 2. The smallest absolute Gasteiger partial charge is 0.0981 e. The third-order valence-electron chi connectivity index (χ3n) is 2.64. The molecule has 0 spiro atoms. The first kappa shape index (κ1) is 12.2. The van der Waals surface area contributed by atoms with E-state index in [-0.39, 0.29) is 0 Å². The lowest BCUT2D eigenvalue weighted by atomic mass is 10.0. The zero-order valence-electron chi connectivity index (χ0n) is 9.87. The predicted molar refractivity (Wildman–Crippen MR) is 71.2 cm³/mol. The summed E-state index contributed by atoms with van der Waals surface area (Å²) in [6, 6.07) is 7.92. The minimum atomic E-state index is 0.769. The van der Waals surface area contributed by atoms with E-state index in [4.69, 9.17) is 16.0 Å². The highest BCUT2D eigenvalue weighted by Gasteiger charge is 2.06. The van der Waals surface area contributed by atoms with Gasteiger partial charge in [0.25, 0.3) is 0 Å². The molecule has 0 atom stereocenters. The number of nitrogens with one attached hydrogen (secondary N) is 1. The molecule has 1 heterocycles. The van der Waals surface area contributed by atoms with Gasteiger partial charge in [-0.2, -0.15) is 0 Å². The maximum absolute atomic E-state index is 6.04. The molecular weight excluding hydrogens is 234 g/mol. The van der Waals surface area contributed by atoms with Crippen LogP contribution in [0.5, 0.6) is 0 Å². The second-order valence-electron chi connectivity index (χ2n) is 3.99. The Bertz CT molecular complexity index is 465. The third-order valence-corrected chi connectivity index (χ3v) is 2.88. The fourth-order valence-electron chi connectivity index (χ4n) is 1.81. The summed E-state index contributed by atoms with van der Waals surface area (Å²) in [4.78, 5) is 0. The van der Waals surface area contributed by atoms with E-state index in [1.54, 1.807) is 12.5 Å². The Morgan fingerprint density at radius 1 is 1.29 bits per heavy atom. The summed E-state index contributed by atoms with van der Waals surface area (Å²) >= 11 is 6.04. The molecule has 2 rings (SSSR count). The summed E-state index contributed by atoms with van der Waals surface area (Å²) in [5.41, 5.74) is 3.47. The summed E-state index contributed by atoms with van der Waals surface area (Å²) < 4.78 is 5.13. The third kappa shape index (κ3) is 3.11. The van der Waals surface area contributed by atoms with E-state index in [2.05, 4.69) is 12.2 Å². The van der Waals surface area contributed by atoms with Crippen LogP contribution in [0.3, 0.4) is 0 Å². The van der Waals surface area contributed by atoms with Gasteiger partial charge in [0.15, 0.2) is 0 Å². The van der Waals surface area contributed by atoms with E-state index in [0.717, 1.165) is 30.1 Å². The quantitative estimate of drug-likeness (QED) is 0.807. The van der Waals surface area contributed by atoms with E-state index in [1.807, 2.05) is 24.3 Å². The fourth-order valence-corrected chi connectivity index (χ4v) is 2.00. The number of hydrogen-bond donors (Lipinski definition) is 1. The van der Waals surface area contributed by atoms with Crippen LogP contribution < -0.4 is 5.32 Å². The van der Waals surface area contributed by atoms with Crippen molar-refractivity contribution in [2.24, 2.45) is 0 Å². The highest BCUT2D eigenvalue weighted by molar-refractivity contribution is 6.30. The van der Waals surface area contributed by atoms with Crippen LogP contribution in [0.15, 0.2) is 41.2 Å². The Morgan fingerprint density at radius 3 is 2.88 bits per heavy atom. The lowest BCUT2D eigenvalue weighted by Gasteiger charge is -2.09. The number of halogens is 1. The van der Waals surface area contributed by atoms with Gasteiger partial charge in [0.05, 0.1) is 12.5 Å². The van der Waals surface area contributed by atoms with Gasteiger partial charge in [0.1, 0.15) is 0 Å². The molecule has 1 aromatic carbocycles. The molecule has 0 aliphatic rings. The maximum atomic E-state index is 6.04. The van der Waals surface area contributed by atoms with Crippen LogP contribution in [0, 0.1) is 0 Å². The summed E-state index contributed by atoms with van der Waals surface area (Å²) in [6.07, 6.45) is 4.57. The van der Waals surface area contributed by atoms with Crippen molar-refractivity contribution < 1.29 is 4.42 Å². The SMILES string of the molecule is CCCNCc1cc(Cl)ccc1-c1ccoc1. The van der Waals surface area contributed by atoms with Gasteiger partial charge in [-0.25, -0.2) is 0 Å². The largest absolute Gasteiger partial charge is 0.472 e. The average Bonchev–Trinajstić information content (AvgIpc) is 2.83. The van der Waals surface area contributed by atoms with Crippen molar-refractivity contribution in [3.63, 3.8) is 0 Å². The van der Waals surface area contributed by atoms with Crippen molar-refractivity contribution >= 4 is 11.6 Å². The first-order chi connectivity index (χ1) is 8.31. The van der Waals surface area contributed by atoms with Crippen LogP contribution in [0.25, 0.3) is 11.1 Å².